The van der Waals surface area contributed by atoms with Crippen molar-refractivity contribution in [2.24, 2.45) is 5.16 Å². The quantitative estimate of drug-likeness (QED) is 0.589. The van der Waals surface area contributed by atoms with Crippen molar-refractivity contribution in [1.82, 2.24) is 9.78 Å². The molecule has 1 unspecified atom stereocenters. The van der Waals surface area contributed by atoms with Crippen molar-refractivity contribution in [3.05, 3.63) is 70.8 Å². The lowest BCUT2D eigenvalue weighted by Gasteiger charge is -2.12. The number of oxime groups is 1. The van der Waals surface area contributed by atoms with E-state index in [4.69, 9.17) is 14.3 Å². The summed E-state index contributed by atoms with van der Waals surface area (Å²) in [7, 11) is 3.18. The summed E-state index contributed by atoms with van der Waals surface area (Å²) < 4.78 is 25.6. The molecule has 4 rings (SSSR count). The van der Waals surface area contributed by atoms with Gasteiger partial charge in [0.2, 0.25) is 6.10 Å². The minimum Gasteiger partial charge on any atom is -0.493 e. The van der Waals surface area contributed by atoms with Gasteiger partial charge in [-0.15, -0.1) is 0 Å². The number of aryl methyl sites for hydroxylation is 1. The van der Waals surface area contributed by atoms with Gasteiger partial charge < -0.3 is 19.6 Å². The molecule has 1 N–H and O–H groups in total. The van der Waals surface area contributed by atoms with Crippen LogP contribution in [0.1, 0.15) is 28.9 Å². The number of ether oxygens (including phenoxy) is 2. The van der Waals surface area contributed by atoms with E-state index in [0.29, 0.717) is 41.6 Å². The Morgan fingerprint density at radius 2 is 1.88 bits per heavy atom. The Morgan fingerprint density at radius 1 is 1.15 bits per heavy atom. The number of nitrogens with one attached hydrogen (secondary N) is 1. The Bertz CT molecular complexity index is 1200. The Labute approximate surface area is 190 Å². The summed E-state index contributed by atoms with van der Waals surface area (Å²) in [4.78, 5) is 18.2. The zero-order chi connectivity index (χ0) is 23.5. The van der Waals surface area contributed by atoms with Crippen molar-refractivity contribution in [2.75, 3.05) is 19.5 Å². The fraction of sp³-hybridized carbons (Fsp3) is 0.292. The van der Waals surface area contributed by atoms with E-state index in [1.165, 1.54) is 12.1 Å². The number of halogens is 1. The van der Waals surface area contributed by atoms with E-state index in [1.54, 1.807) is 26.4 Å². The number of aromatic nitrogens is 2. The standard InChI is InChI=1S/C24H25FN4O4/c1-14-23(15(2)29(27-14)13-16-5-10-20(31-3)21(11-16)32-4)26-24(30)22-12-19(28-33-22)17-6-8-18(25)9-7-17/h5-11,22H,12-13H2,1-4H3,(H,26,30). The number of hydrogen-bond acceptors (Lipinski definition) is 6. The van der Waals surface area contributed by atoms with E-state index >= 15 is 0 Å². The molecule has 0 spiro atoms. The van der Waals surface area contributed by atoms with Crippen molar-refractivity contribution in [3.63, 3.8) is 0 Å². The summed E-state index contributed by atoms with van der Waals surface area (Å²) >= 11 is 0. The molecule has 0 fully saturated rings. The largest absolute Gasteiger partial charge is 0.493 e. The first-order valence-electron chi connectivity index (χ1n) is 10.4. The van der Waals surface area contributed by atoms with Crippen LogP contribution in [0.25, 0.3) is 0 Å². The topological polar surface area (TPSA) is 87.0 Å². The molecule has 172 valence electrons. The van der Waals surface area contributed by atoms with E-state index in [9.17, 15) is 9.18 Å². The van der Waals surface area contributed by atoms with E-state index in [2.05, 4.69) is 15.6 Å². The number of rotatable bonds is 7. The predicted molar refractivity (Wildman–Crippen MR) is 121 cm³/mol. The van der Waals surface area contributed by atoms with Crippen molar-refractivity contribution >= 4 is 17.3 Å². The molecule has 0 saturated carbocycles. The zero-order valence-corrected chi connectivity index (χ0v) is 18.9. The third-order valence-electron chi connectivity index (χ3n) is 5.55. The van der Waals surface area contributed by atoms with Crippen molar-refractivity contribution in [3.8, 4) is 11.5 Å². The molecule has 1 amide bonds. The molecule has 3 aromatic rings. The van der Waals surface area contributed by atoms with Gasteiger partial charge in [-0.1, -0.05) is 23.4 Å². The third kappa shape index (κ3) is 4.67. The SMILES string of the molecule is COc1ccc(Cn2nc(C)c(NC(=O)C3CC(c4ccc(F)cc4)=NO3)c2C)cc1OC. The molecule has 8 nitrogen and oxygen atoms in total. The van der Waals surface area contributed by atoms with Crippen LogP contribution >= 0.6 is 0 Å². The molecule has 1 aromatic heterocycles. The monoisotopic (exact) mass is 452 g/mol. The van der Waals surface area contributed by atoms with Gasteiger partial charge in [0.1, 0.15) is 5.82 Å². The van der Waals surface area contributed by atoms with Gasteiger partial charge >= 0.3 is 0 Å². The smallest absolute Gasteiger partial charge is 0.268 e. The number of anilines is 1. The van der Waals surface area contributed by atoms with Gasteiger partial charge in [0.05, 0.1) is 43.6 Å². The van der Waals surface area contributed by atoms with E-state index < -0.39 is 6.10 Å². The second-order valence-electron chi connectivity index (χ2n) is 7.73. The summed E-state index contributed by atoms with van der Waals surface area (Å²) in [5.41, 5.74) is 4.45. The molecular weight excluding hydrogens is 427 g/mol. The lowest BCUT2D eigenvalue weighted by Crippen LogP contribution is -2.28. The highest BCUT2D eigenvalue weighted by molar-refractivity contribution is 6.06. The molecule has 1 atom stereocenters. The number of carbonyl (C=O) groups is 1. The van der Waals surface area contributed by atoms with E-state index in [0.717, 1.165) is 16.8 Å². The summed E-state index contributed by atoms with van der Waals surface area (Å²) in [6.07, 6.45) is -0.465. The predicted octanol–water partition coefficient (Wildman–Crippen LogP) is 3.84. The van der Waals surface area contributed by atoms with Crippen LogP contribution in [-0.4, -0.2) is 41.7 Å². The number of hydrogen-bond donors (Lipinski definition) is 1. The Hall–Kier alpha value is -3.88. The number of carbonyl (C=O) groups excluding carboxylic acids is 1. The minimum absolute atomic E-state index is 0.301. The fourth-order valence-corrected chi connectivity index (χ4v) is 3.72. The summed E-state index contributed by atoms with van der Waals surface area (Å²) in [6, 6.07) is 11.6. The van der Waals surface area contributed by atoms with Crippen LogP contribution in [0, 0.1) is 19.7 Å². The molecule has 1 aliphatic heterocycles. The van der Waals surface area contributed by atoms with Crippen LogP contribution in [-0.2, 0) is 16.2 Å². The molecule has 0 radical (unpaired) electrons. The maximum atomic E-state index is 13.2. The van der Waals surface area contributed by atoms with Crippen LogP contribution in [0.2, 0.25) is 0 Å². The Kier molecular flexibility index (Phi) is 6.30. The van der Waals surface area contributed by atoms with Gasteiger partial charge in [-0.25, -0.2) is 4.39 Å². The van der Waals surface area contributed by atoms with Crippen molar-refractivity contribution < 1.29 is 23.5 Å². The van der Waals surface area contributed by atoms with Gasteiger partial charge in [-0.2, -0.15) is 5.10 Å². The minimum atomic E-state index is -0.766. The Morgan fingerprint density at radius 3 is 2.58 bits per heavy atom. The second kappa shape index (κ2) is 9.32. The first-order chi connectivity index (χ1) is 15.9. The van der Waals surface area contributed by atoms with Gasteiger partial charge in [-0.05, 0) is 49.2 Å². The Balaban J connectivity index is 1.44. The molecule has 2 heterocycles. The van der Waals surface area contributed by atoms with Crippen molar-refractivity contribution in [2.45, 2.75) is 32.9 Å². The second-order valence-corrected chi connectivity index (χ2v) is 7.73. The van der Waals surface area contributed by atoms with Crippen molar-refractivity contribution in [1.29, 1.82) is 0 Å². The molecule has 9 heteroatoms. The van der Waals surface area contributed by atoms with Crippen LogP contribution < -0.4 is 14.8 Å². The highest BCUT2D eigenvalue weighted by Crippen LogP contribution is 2.29. The molecule has 0 bridgehead atoms. The number of benzene rings is 2. The molecular formula is C24H25FN4O4. The molecule has 33 heavy (non-hydrogen) atoms. The summed E-state index contributed by atoms with van der Waals surface area (Å²) in [5, 5.41) is 11.5. The molecule has 0 saturated heterocycles. The van der Waals surface area contributed by atoms with Crippen LogP contribution in [0.4, 0.5) is 10.1 Å². The number of nitrogens with zero attached hydrogens (tertiary/aromatic N) is 3. The lowest BCUT2D eigenvalue weighted by atomic mass is 10.0. The third-order valence-corrected chi connectivity index (χ3v) is 5.55. The van der Waals surface area contributed by atoms with Crippen LogP contribution in [0.15, 0.2) is 47.6 Å². The lowest BCUT2D eigenvalue weighted by molar-refractivity contribution is -0.125. The average Bonchev–Trinajstić information content (AvgIpc) is 3.41. The highest BCUT2D eigenvalue weighted by Gasteiger charge is 2.30. The van der Waals surface area contributed by atoms with Gasteiger partial charge in [-0.3, -0.25) is 9.48 Å². The van der Waals surface area contributed by atoms with Gasteiger partial charge in [0.25, 0.3) is 5.91 Å². The molecule has 1 aliphatic rings. The summed E-state index contributed by atoms with van der Waals surface area (Å²) in [6.45, 7) is 4.23. The highest BCUT2D eigenvalue weighted by atomic mass is 19.1. The molecule has 2 aromatic carbocycles. The first kappa shape index (κ1) is 22.3. The maximum Gasteiger partial charge on any atom is 0.268 e. The first-order valence-corrected chi connectivity index (χ1v) is 10.4. The zero-order valence-electron chi connectivity index (χ0n) is 18.9. The summed E-state index contributed by atoms with van der Waals surface area (Å²) in [5.74, 6) is 0.651. The van der Waals surface area contributed by atoms with E-state index in [1.807, 2.05) is 36.7 Å². The van der Waals surface area contributed by atoms with Gasteiger partial charge in [0.15, 0.2) is 11.5 Å². The normalized spacial score (nSPS) is 15.1. The maximum absolute atomic E-state index is 13.2. The van der Waals surface area contributed by atoms with E-state index in [-0.39, 0.29) is 11.7 Å². The number of methoxy groups -OCH3 is 2. The van der Waals surface area contributed by atoms with Crippen LogP contribution in [0.3, 0.4) is 0 Å². The van der Waals surface area contributed by atoms with Crippen LogP contribution in [0.5, 0.6) is 11.5 Å². The molecule has 0 aliphatic carbocycles. The fourth-order valence-electron chi connectivity index (χ4n) is 3.72. The number of amides is 1. The average molecular weight is 452 g/mol. The van der Waals surface area contributed by atoms with Gasteiger partial charge in [0, 0.05) is 6.42 Å².